The van der Waals surface area contributed by atoms with Gasteiger partial charge in [0.15, 0.2) is 0 Å². The number of hydrogen-bond donors (Lipinski definition) is 1. The highest BCUT2D eigenvalue weighted by Crippen LogP contribution is 2.38. The number of nitrogens with zero attached hydrogens (tertiary/aromatic N) is 3. The minimum Gasteiger partial charge on any atom is -0.393 e. The highest BCUT2D eigenvalue weighted by Gasteiger charge is 2.41. The fourth-order valence-corrected chi connectivity index (χ4v) is 3.95. The van der Waals surface area contributed by atoms with E-state index in [1.54, 1.807) is 0 Å². The lowest BCUT2D eigenvalue weighted by atomic mass is 10.00. The molecular weight excluding hydrogens is 238 g/mol. The third-order valence-electron chi connectivity index (χ3n) is 5.11. The Kier molecular flexibility index (Phi) is 3.39. The second-order valence-electron chi connectivity index (χ2n) is 6.23. The second-order valence-corrected chi connectivity index (χ2v) is 6.23. The van der Waals surface area contributed by atoms with E-state index in [-0.39, 0.29) is 6.10 Å². The first-order valence-corrected chi connectivity index (χ1v) is 7.53. The van der Waals surface area contributed by atoms with Crippen LogP contribution >= 0.6 is 0 Å². The maximum atomic E-state index is 9.99. The van der Waals surface area contributed by atoms with Crippen molar-refractivity contribution in [1.29, 1.82) is 0 Å². The molecule has 2 aliphatic rings. The number of aliphatic hydroxyl groups is 1. The molecule has 4 nitrogen and oxygen atoms in total. The lowest BCUT2D eigenvalue weighted by molar-refractivity contribution is 0.123. The third-order valence-corrected chi connectivity index (χ3v) is 5.11. The van der Waals surface area contributed by atoms with Gasteiger partial charge in [0, 0.05) is 43.4 Å². The predicted octanol–water partition coefficient (Wildman–Crippen LogP) is 1.72. The van der Waals surface area contributed by atoms with E-state index in [4.69, 9.17) is 0 Å². The van der Waals surface area contributed by atoms with Gasteiger partial charge in [-0.15, -0.1) is 0 Å². The van der Waals surface area contributed by atoms with Gasteiger partial charge in [0.1, 0.15) is 0 Å². The van der Waals surface area contributed by atoms with Crippen molar-refractivity contribution < 1.29 is 5.11 Å². The van der Waals surface area contributed by atoms with E-state index < -0.39 is 0 Å². The van der Waals surface area contributed by atoms with E-state index in [1.165, 1.54) is 17.7 Å². The molecule has 19 heavy (non-hydrogen) atoms. The minimum atomic E-state index is -0.0597. The first-order chi connectivity index (χ1) is 9.10. The molecule has 3 rings (SSSR count). The van der Waals surface area contributed by atoms with Gasteiger partial charge in [-0.1, -0.05) is 0 Å². The zero-order valence-electron chi connectivity index (χ0n) is 12.3. The number of fused-ring (bicyclic) bond motifs is 1. The molecular formula is C15H25N3O. The van der Waals surface area contributed by atoms with Gasteiger partial charge in [-0.2, -0.15) is 5.10 Å². The van der Waals surface area contributed by atoms with Crippen molar-refractivity contribution in [3.63, 3.8) is 0 Å². The molecule has 0 radical (unpaired) electrons. The van der Waals surface area contributed by atoms with Crippen LogP contribution in [0.1, 0.15) is 36.7 Å². The Labute approximate surface area is 115 Å². The van der Waals surface area contributed by atoms with Crippen LogP contribution in [0.15, 0.2) is 0 Å². The summed E-state index contributed by atoms with van der Waals surface area (Å²) in [7, 11) is 0. The highest BCUT2D eigenvalue weighted by molar-refractivity contribution is 5.24. The van der Waals surface area contributed by atoms with Crippen LogP contribution in [0.3, 0.4) is 0 Å². The van der Waals surface area contributed by atoms with E-state index in [0.717, 1.165) is 44.2 Å². The van der Waals surface area contributed by atoms with E-state index in [2.05, 4.69) is 35.5 Å². The molecule has 0 amide bonds. The molecule has 0 aromatic carbocycles. The van der Waals surface area contributed by atoms with Crippen LogP contribution < -0.4 is 0 Å². The molecule has 1 aliphatic carbocycles. The fourth-order valence-electron chi connectivity index (χ4n) is 3.95. The molecule has 4 heteroatoms. The second kappa shape index (κ2) is 4.91. The lowest BCUT2D eigenvalue weighted by Gasteiger charge is -2.18. The Balaban J connectivity index is 1.72. The quantitative estimate of drug-likeness (QED) is 0.903. The molecule has 1 saturated carbocycles. The summed E-state index contributed by atoms with van der Waals surface area (Å²) in [6.07, 6.45) is 2.15. The highest BCUT2D eigenvalue weighted by atomic mass is 16.3. The number of likely N-dealkylation sites (tertiary alicyclic amines) is 1. The number of hydrogen-bond acceptors (Lipinski definition) is 3. The van der Waals surface area contributed by atoms with E-state index in [0.29, 0.717) is 5.92 Å². The normalized spacial score (nSPS) is 31.1. The van der Waals surface area contributed by atoms with Crippen molar-refractivity contribution in [2.75, 3.05) is 13.1 Å². The summed E-state index contributed by atoms with van der Waals surface area (Å²) in [5.74, 6) is 1.23. The van der Waals surface area contributed by atoms with Crippen molar-refractivity contribution in [2.24, 2.45) is 11.8 Å². The van der Waals surface area contributed by atoms with Crippen molar-refractivity contribution in [1.82, 2.24) is 14.7 Å². The Morgan fingerprint density at radius 3 is 2.68 bits per heavy atom. The maximum absolute atomic E-state index is 9.99. The van der Waals surface area contributed by atoms with Crippen molar-refractivity contribution in [3.8, 4) is 0 Å². The summed E-state index contributed by atoms with van der Waals surface area (Å²) in [6.45, 7) is 10.6. The summed E-state index contributed by atoms with van der Waals surface area (Å²) >= 11 is 0. The molecule has 0 bridgehead atoms. The predicted molar refractivity (Wildman–Crippen MR) is 74.9 cm³/mol. The molecule has 1 aliphatic heterocycles. The molecule has 1 N–H and O–H groups in total. The number of aliphatic hydroxyl groups excluding tert-OH is 1. The molecule has 0 spiro atoms. The van der Waals surface area contributed by atoms with Gasteiger partial charge >= 0.3 is 0 Å². The van der Waals surface area contributed by atoms with Gasteiger partial charge in [0.2, 0.25) is 0 Å². The van der Waals surface area contributed by atoms with Crippen LogP contribution in [-0.4, -0.2) is 39.0 Å². The Morgan fingerprint density at radius 2 is 2.05 bits per heavy atom. The van der Waals surface area contributed by atoms with Gasteiger partial charge in [-0.25, -0.2) is 0 Å². The molecule has 1 saturated heterocycles. The maximum Gasteiger partial charge on any atom is 0.0641 e. The molecule has 1 aromatic rings. The summed E-state index contributed by atoms with van der Waals surface area (Å²) in [4.78, 5) is 2.51. The monoisotopic (exact) mass is 263 g/mol. The van der Waals surface area contributed by atoms with Gasteiger partial charge in [-0.05, 0) is 39.5 Å². The van der Waals surface area contributed by atoms with Crippen LogP contribution in [0.4, 0.5) is 0 Å². The third kappa shape index (κ3) is 2.21. The lowest BCUT2D eigenvalue weighted by Crippen LogP contribution is -2.25. The standard InChI is InChI=1S/C15H25N3O/c1-4-18-11(3)13(10(2)16-18)8-17-7-12-5-6-15(19)14(12)9-17/h12,14-15,19H,4-9H2,1-3H3/t12-,14+,15-/m1/s1. The average Bonchev–Trinajstić information content (AvgIpc) is 3.01. The molecule has 106 valence electrons. The minimum absolute atomic E-state index is 0.0597. The van der Waals surface area contributed by atoms with E-state index in [1.807, 2.05) is 0 Å². The molecule has 0 unspecified atom stereocenters. The van der Waals surface area contributed by atoms with Crippen LogP contribution in [-0.2, 0) is 13.1 Å². The summed E-state index contributed by atoms with van der Waals surface area (Å²) in [6, 6.07) is 0. The average molecular weight is 263 g/mol. The van der Waals surface area contributed by atoms with Gasteiger partial charge in [-0.3, -0.25) is 9.58 Å². The zero-order valence-corrected chi connectivity index (χ0v) is 12.3. The Morgan fingerprint density at radius 1 is 1.26 bits per heavy atom. The molecule has 2 heterocycles. The van der Waals surface area contributed by atoms with Crippen LogP contribution in [0.25, 0.3) is 0 Å². The Hall–Kier alpha value is -0.870. The first kappa shape index (κ1) is 13.1. The molecule has 1 aromatic heterocycles. The van der Waals surface area contributed by atoms with Crippen LogP contribution in [0.5, 0.6) is 0 Å². The van der Waals surface area contributed by atoms with E-state index >= 15 is 0 Å². The number of rotatable bonds is 3. The zero-order chi connectivity index (χ0) is 13.6. The smallest absolute Gasteiger partial charge is 0.0641 e. The fraction of sp³-hybridized carbons (Fsp3) is 0.800. The van der Waals surface area contributed by atoms with Gasteiger partial charge in [0.05, 0.1) is 11.8 Å². The Bertz CT molecular complexity index is 468. The number of aryl methyl sites for hydroxylation is 2. The van der Waals surface area contributed by atoms with Crippen molar-refractivity contribution in [2.45, 2.75) is 52.8 Å². The van der Waals surface area contributed by atoms with Gasteiger partial charge < -0.3 is 5.11 Å². The van der Waals surface area contributed by atoms with Crippen molar-refractivity contribution in [3.05, 3.63) is 17.0 Å². The molecule has 3 atom stereocenters. The molecule has 2 fully saturated rings. The largest absolute Gasteiger partial charge is 0.393 e. The van der Waals surface area contributed by atoms with Crippen LogP contribution in [0, 0.1) is 25.7 Å². The SMILES string of the molecule is CCn1nc(C)c(CN2C[C@H]3CC[C@@H](O)[C@H]3C2)c1C. The summed E-state index contributed by atoms with van der Waals surface area (Å²) in [5, 5.41) is 14.6. The summed E-state index contributed by atoms with van der Waals surface area (Å²) in [5.41, 5.74) is 3.85. The first-order valence-electron chi connectivity index (χ1n) is 7.53. The van der Waals surface area contributed by atoms with Crippen molar-refractivity contribution >= 4 is 0 Å². The number of aromatic nitrogens is 2. The van der Waals surface area contributed by atoms with Crippen LogP contribution in [0.2, 0.25) is 0 Å². The summed E-state index contributed by atoms with van der Waals surface area (Å²) < 4.78 is 2.09. The topological polar surface area (TPSA) is 41.3 Å². The van der Waals surface area contributed by atoms with Gasteiger partial charge in [0.25, 0.3) is 0 Å². The van der Waals surface area contributed by atoms with E-state index in [9.17, 15) is 5.11 Å².